The number of rotatable bonds is 2. The van der Waals surface area contributed by atoms with Crippen LogP contribution in [-0.4, -0.2) is 0 Å². The van der Waals surface area contributed by atoms with Crippen LogP contribution in [0, 0.1) is 6.08 Å². The van der Waals surface area contributed by atoms with Gasteiger partial charge >= 0.3 is 0 Å². The van der Waals surface area contributed by atoms with Gasteiger partial charge in [-0.1, -0.05) is 72.3 Å². The molecular formula is C21H15-. The van der Waals surface area contributed by atoms with Gasteiger partial charge in [0.05, 0.1) is 0 Å². The maximum atomic E-state index is 3.62. The van der Waals surface area contributed by atoms with Crippen molar-refractivity contribution >= 4 is 5.57 Å². The molecule has 0 aromatic heterocycles. The van der Waals surface area contributed by atoms with E-state index in [1.165, 1.54) is 27.8 Å². The predicted octanol–water partition coefficient (Wildman–Crippen LogP) is 5.07. The first-order valence-electron chi connectivity index (χ1n) is 7.26. The van der Waals surface area contributed by atoms with Gasteiger partial charge in [-0.15, -0.1) is 41.0 Å². The molecule has 0 nitrogen and oxygen atoms in total. The molecule has 0 spiro atoms. The molecule has 100 valence electrons. The molecule has 0 aliphatic heterocycles. The van der Waals surface area contributed by atoms with Crippen LogP contribution in [0.3, 0.4) is 0 Å². The summed E-state index contributed by atoms with van der Waals surface area (Å²) < 4.78 is 0. The smallest absolute Gasteiger partial charge is 0.0160 e. The molecule has 0 heteroatoms. The van der Waals surface area contributed by atoms with Crippen molar-refractivity contribution in [1.82, 2.24) is 0 Å². The van der Waals surface area contributed by atoms with Gasteiger partial charge in [-0.2, -0.15) is 0 Å². The highest BCUT2D eigenvalue weighted by Gasteiger charge is 2.20. The summed E-state index contributed by atoms with van der Waals surface area (Å²) >= 11 is 0. The average Bonchev–Trinajstić information content (AvgIpc) is 2.96. The van der Waals surface area contributed by atoms with E-state index in [-0.39, 0.29) is 5.92 Å². The van der Waals surface area contributed by atoms with E-state index in [4.69, 9.17) is 0 Å². The quantitative estimate of drug-likeness (QED) is 0.569. The van der Waals surface area contributed by atoms with Crippen molar-refractivity contribution in [3.63, 3.8) is 0 Å². The summed E-state index contributed by atoms with van der Waals surface area (Å²) in [6.07, 6.45) is 3.62. The first kappa shape index (κ1) is 12.2. The Morgan fingerprint density at radius 2 is 1.24 bits per heavy atom. The number of fused-ring (bicyclic) bond motifs is 1. The molecule has 1 atom stereocenters. The molecule has 0 saturated carbocycles. The third kappa shape index (κ3) is 2.09. The van der Waals surface area contributed by atoms with Gasteiger partial charge in [0.1, 0.15) is 0 Å². The Morgan fingerprint density at radius 3 is 2.00 bits per heavy atom. The van der Waals surface area contributed by atoms with Crippen LogP contribution >= 0.6 is 0 Å². The van der Waals surface area contributed by atoms with Gasteiger partial charge in [0.2, 0.25) is 0 Å². The molecule has 4 rings (SSSR count). The zero-order chi connectivity index (χ0) is 14.1. The van der Waals surface area contributed by atoms with Gasteiger partial charge in [-0.3, -0.25) is 0 Å². The van der Waals surface area contributed by atoms with Crippen LogP contribution in [0.15, 0.2) is 84.9 Å². The van der Waals surface area contributed by atoms with E-state index in [9.17, 15) is 0 Å². The summed E-state index contributed by atoms with van der Waals surface area (Å²) in [5.41, 5.74) is 6.41. The summed E-state index contributed by atoms with van der Waals surface area (Å²) in [5.74, 6) is 0.282. The fourth-order valence-electron chi connectivity index (χ4n) is 3.08. The third-order valence-corrected chi connectivity index (χ3v) is 4.05. The van der Waals surface area contributed by atoms with E-state index in [1.54, 1.807) is 0 Å². The molecule has 1 aliphatic carbocycles. The van der Waals surface area contributed by atoms with E-state index in [0.29, 0.717) is 0 Å². The summed E-state index contributed by atoms with van der Waals surface area (Å²) in [7, 11) is 0. The fraction of sp³-hybridized carbons (Fsp3) is 0.0476. The zero-order valence-corrected chi connectivity index (χ0v) is 11.7. The van der Waals surface area contributed by atoms with E-state index in [1.807, 2.05) is 0 Å². The molecular weight excluding hydrogens is 252 g/mol. The summed E-state index contributed by atoms with van der Waals surface area (Å²) in [5, 5.41) is 0. The van der Waals surface area contributed by atoms with Crippen molar-refractivity contribution < 1.29 is 0 Å². The van der Waals surface area contributed by atoms with E-state index < -0.39 is 0 Å². The summed E-state index contributed by atoms with van der Waals surface area (Å²) in [6, 6.07) is 29.9. The first-order valence-corrected chi connectivity index (χ1v) is 7.26. The minimum Gasteiger partial charge on any atom is -0.145 e. The summed E-state index contributed by atoms with van der Waals surface area (Å²) in [6.45, 7) is 0. The lowest BCUT2D eigenvalue weighted by Gasteiger charge is -2.23. The van der Waals surface area contributed by atoms with E-state index in [0.717, 1.165) is 0 Å². The first-order chi connectivity index (χ1) is 10.4. The molecule has 3 aromatic rings. The van der Waals surface area contributed by atoms with Crippen molar-refractivity contribution in [1.29, 1.82) is 0 Å². The molecule has 0 amide bonds. The number of allylic oxidation sites excluding steroid dienone is 1. The maximum absolute atomic E-state index is 3.62. The number of benzene rings is 3. The van der Waals surface area contributed by atoms with Crippen LogP contribution in [0.5, 0.6) is 0 Å². The second-order valence-electron chi connectivity index (χ2n) is 5.34. The van der Waals surface area contributed by atoms with Gasteiger partial charge < -0.3 is 0 Å². The molecule has 0 saturated heterocycles. The normalized spacial score (nSPS) is 16.4. The molecule has 0 radical (unpaired) electrons. The lowest BCUT2D eigenvalue weighted by Crippen LogP contribution is -2.00. The topological polar surface area (TPSA) is 0 Å². The highest BCUT2D eigenvalue weighted by atomic mass is 14.3. The Kier molecular flexibility index (Phi) is 2.93. The molecule has 0 fully saturated rings. The summed E-state index contributed by atoms with van der Waals surface area (Å²) in [4.78, 5) is 0. The standard InChI is InChI=1S/C21H15/c1-3-9-16(10-4-1)20-15-18-13-7-8-14-19(18)21(20)17-11-5-2-6-12-17/h1-14,21H/q-1. The Balaban J connectivity index is 1.90. The van der Waals surface area contributed by atoms with Crippen molar-refractivity contribution in [3.05, 3.63) is 113 Å². The lowest BCUT2D eigenvalue weighted by atomic mass is 9.85. The zero-order valence-electron chi connectivity index (χ0n) is 11.7. The van der Waals surface area contributed by atoms with Crippen LogP contribution in [-0.2, 0) is 0 Å². The maximum Gasteiger partial charge on any atom is -0.0160 e. The van der Waals surface area contributed by atoms with E-state index >= 15 is 0 Å². The molecule has 0 N–H and O–H groups in total. The number of hydrogen-bond donors (Lipinski definition) is 0. The van der Waals surface area contributed by atoms with Crippen LogP contribution in [0.4, 0.5) is 0 Å². The van der Waals surface area contributed by atoms with Crippen LogP contribution in [0.25, 0.3) is 5.57 Å². The lowest BCUT2D eigenvalue weighted by molar-refractivity contribution is 1.07. The SMILES string of the molecule is [C-]1=C(c2ccccc2)C(c2ccccc2)c2ccccc21. The van der Waals surface area contributed by atoms with Crippen molar-refractivity contribution in [2.45, 2.75) is 5.92 Å². The minimum absolute atomic E-state index is 0.282. The molecule has 3 aromatic carbocycles. The Morgan fingerprint density at radius 1 is 0.619 bits per heavy atom. The number of hydrogen-bond acceptors (Lipinski definition) is 0. The average molecular weight is 267 g/mol. The second-order valence-corrected chi connectivity index (χ2v) is 5.34. The molecule has 1 unspecified atom stereocenters. The largest absolute Gasteiger partial charge is 0.145 e. The third-order valence-electron chi connectivity index (χ3n) is 4.05. The minimum atomic E-state index is 0.282. The molecule has 0 bridgehead atoms. The molecule has 21 heavy (non-hydrogen) atoms. The Labute approximate surface area is 125 Å². The van der Waals surface area contributed by atoms with Crippen LogP contribution in [0.2, 0.25) is 0 Å². The molecule has 1 aliphatic rings. The van der Waals surface area contributed by atoms with Gasteiger partial charge in [0.25, 0.3) is 0 Å². The highest BCUT2D eigenvalue weighted by Crippen LogP contribution is 2.44. The Hall–Kier alpha value is -2.60. The van der Waals surface area contributed by atoms with Gasteiger partial charge in [0, 0.05) is 0 Å². The van der Waals surface area contributed by atoms with Crippen LogP contribution < -0.4 is 0 Å². The predicted molar refractivity (Wildman–Crippen MR) is 86.9 cm³/mol. The molecule has 0 heterocycles. The van der Waals surface area contributed by atoms with Gasteiger partial charge in [0.15, 0.2) is 0 Å². The highest BCUT2D eigenvalue weighted by molar-refractivity contribution is 5.80. The van der Waals surface area contributed by atoms with Crippen molar-refractivity contribution in [2.75, 3.05) is 0 Å². The monoisotopic (exact) mass is 267 g/mol. The van der Waals surface area contributed by atoms with E-state index in [2.05, 4.69) is 91.0 Å². The van der Waals surface area contributed by atoms with Gasteiger partial charge in [-0.05, 0) is 11.5 Å². The Bertz CT molecular complexity index is 783. The second kappa shape index (κ2) is 5.06. The van der Waals surface area contributed by atoms with Gasteiger partial charge in [-0.25, -0.2) is 0 Å². The fourth-order valence-corrected chi connectivity index (χ4v) is 3.08. The van der Waals surface area contributed by atoms with Crippen molar-refractivity contribution in [2.24, 2.45) is 0 Å². The van der Waals surface area contributed by atoms with Crippen LogP contribution in [0.1, 0.15) is 28.2 Å². The van der Waals surface area contributed by atoms with Crippen molar-refractivity contribution in [3.8, 4) is 0 Å².